The fourth-order valence-corrected chi connectivity index (χ4v) is 3.11. The van der Waals surface area contributed by atoms with Crippen LogP contribution in [-0.2, 0) is 6.54 Å². The van der Waals surface area contributed by atoms with Gasteiger partial charge in [0.1, 0.15) is 5.65 Å². The molecule has 4 heteroatoms. The first-order valence-electron chi connectivity index (χ1n) is 7.12. The number of rotatable bonds is 2. The highest BCUT2D eigenvalue weighted by atomic mass is 15.2. The Hall–Kier alpha value is -1.55. The number of piperidine rings is 1. The quantitative estimate of drug-likeness (QED) is 0.901. The molecule has 0 amide bonds. The van der Waals surface area contributed by atoms with Gasteiger partial charge in [-0.3, -0.25) is 4.90 Å². The SMILES string of the molecule is CC1CCCC(C)N1Cc1cn2cc(N)ccc2n1. The lowest BCUT2D eigenvalue weighted by atomic mass is 9.97. The maximum atomic E-state index is 5.80. The Kier molecular flexibility index (Phi) is 3.19. The van der Waals surface area contributed by atoms with Crippen LogP contribution < -0.4 is 5.73 Å². The van der Waals surface area contributed by atoms with Gasteiger partial charge in [-0.15, -0.1) is 0 Å². The Morgan fingerprint density at radius 2 is 1.95 bits per heavy atom. The minimum Gasteiger partial charge on any atom is -0.398 e. The number of hydrogen-bond donors (Lipinski definition) is 1. The second kappa shape index (κ2) is 4.85. The van der Waals surface area contributed by atoms with Gasteiger partial charge in [0.05, 0.1) is 5.69 Å². The maximum absolute atomic E-state index is 5.80. The van der Waals surface area contributed by atoms with Crippen LogP contribution >= 0.6 is 0 Å². The van der Waals surface area contributed by atoms with Crippen molar-refractivity contribution in [1.29, 1.82) is 0 Å². The number of fused-ring (bicyclic) bond motifs is 1. The van der Waals surface area contributed by atoms with Gasteiger partial charge in [-0.2, -0.15) is 0 Å². The third-order valence-corrected chi connectivity index (χ3v) is 4.24. The number of likely N-dealkylation sites (tertiary alicyclic amines) is 1. The number of nitrogen functional groups attached to an aromatic ring is 1. The Bertz CT molecular complexity index is 565. The van der Waals surface area contributed by atoms with Crippen LogP contribution in [0.1, 0.15) is 38.8 Å². The Morgan fingerprint density at radius 1 is 1.21 bits per heavy atom. The number of pyridine rings is 1. The van der Waals surface area contributed by atoms with Gasteiger partial charge in [-0.25, -0.2) is 4.98 Å². The lowest BCUT2D eigenvalue weighted by Gasteiger charge is -2.38. The van der Waals surface area contributed by atoms with Crippen molar-refractivity contribution in [3.8, 4) is 0 Å². The van der Waals surface area contributed by atoms with Gasteiger partial charge in [0, 0.05) is 36.7 Å². The smallest absolute Gasteiger partial charge is 0.137 e. The number of nitrogens with zero attached hydrogens (tertiary/aromatic N) is 3. The first kappa shape index (κ1) is 12.5. The first-order chi connectivity index (χ1) is 9.13. The highest BCUT2D eigenvalue weighted by Crippen LogP contribution is 2.24. The summed E-state index contributed by atoms with van der Waals surface area (Å²) in [6.45, 7) is 5.58. The van der Waals surface area contributed by atoms with Crippen LogP contribution in [0, 0.1) is 0 Å². The summed E-state index contributed by atoms with van der Waals surface area (Å²) in [5.41, 5.74) is 8.68. The van der Waals surface area contributed by atoms with Crippen molar-refractivity contribution < 1.29 is 0 Å². The standard InChI is InChI=1S/C15H22N4/c1-11-4-3-5-12(2)19(11)10-14-9-18-8-13(16)6-7-15(18)17-14/h6-9,11-12H,3-5,10,16H2,1-2H3. The molecule has 0 bridgehead atoms. The lowest BCUT2D eigenvalue weighted by Crippen LogP contribution is -2.43. The fraction of sp³-hybridized carbons (Fsp3) is 0.533. The van der Waals surface area contributed by atoms with Crippen LogP contribution in [0.3, 0.4) is 0 Å². The van der Waals surface area contributed by atoms with E-state index in [4.69, 9.17) is 5.73 Å². The number of hydrogen-bond acceptors (Lipinski definition) is 3. The molecule has 4 nitrogen and oxygen atoms in total. The molecule has 0 aliphatic carbocycles. The summed E-state index contributed by atoms with van der Waals surface area (Å²) >= 11 is 0. The van der Waals surface area contributed by atoms with E-state index in [2.05, 4.69) is 29.9 Å². The topological polar surface area (TPSA) is 46.6 Å². The zero-order chi connectivity index (χ0) is 13.4. The predicted molar refractivity (Wildman–Crippen MR) is 77.9 cm³/mol. The van der Waals surface area contributed by atoms with E-state index in [-0.39, 0.29) is 0 Å². The minimum absolute atomic E-state index is 0.652. The minimum atomic E-state index is 0.652. The van der Waals surface area contributed by atoms with E-state index in [1.165, 1.54) is 19.3 Å². The van der Waals surface area contributed by atoms with Crippen molar-refractivity contribution >= 4 is 11.3 Å². The summed E-state index contributed by atoms with van der Waals surface area (Å²) in [6.07, 6.45) is 7.96. The molecule has 0 spiro atoms. The van der Waals surface area contributed by atoms with E-state index in [1.807, 2.05) is 22.7 Å². The molecule has 3 heterocycles. The summed E-state index contributed by atoms with van der Waals surface area (Å²) < 4.78 is 2.02. The van der Waals surface area contributed by atoms with E-state index >= 15 is 0 Å². The van der Waals surface area contributed by atoms with E-state index in [0.717, 1.165) is 23.6 Å². The van der Waals surface area contributed by atoms with Crippen LogP contribution in [0.25, 0.3) is 5.65 Å². The highest BCUT2D eigenvalue weighted by Gasteiger charge is 2.25. The molecule has 0 radical (unpaired) electrons. The summed E-state index contributed by atoms with van der Waals surface area (Å²) in [7, 11) is 0. The van der Waals surface area contributed by atoms with Crippen LogP contribution in [0.15, 0.2) is 24.5 Å². The third-order valence-electron chi connectivity index (χ3n) is 4.24. The molecule has 0 aromatic carbocycles. The Morgan fingerprint density at radius 3 is 2.68 bits per heavy atom. The van der Waals surface area contributed by atoms with E-state index in [0.29, 0.717) is 12.1 Å². The lowest BCUT2D eigenvalue weighted by molar-refractivity contribution is 0.0940. The van der Waals surface area contributed by atoms with E-state index < -0.39 is 0 Å². The van der Waals surface area contributed by atoms with E-state index in [1.54, 1.807) is 0 Å². The summed E-state index contributed by atoms with van der Waals surface area (Å²) in [5.74, 6) is 0. The molecule has 102 valence electrons. The zero-order valence-corrected chi connectivity index (χ0v) is 11.7. The summed E-state index contributed by atoms with van der Waals surface area (Å²) in [6, 6.07) is 5.18. The van der Waals surface area contributed by atoms with Crippen LogP contribution in [0.2, 0.25) is 0 Å². The van der Waals surface area contributed by atoms with E-state index in [9.17, 15) is 0 Å². The fourth-order valence-electron chi connectivity index (χ4n) is 3.11. The second-order valence-corrected chi connectivity index (χ2v) is 5.76. The van der Waals surface area contributed by atoms with Gasteiger partial charge in [-0.1, -0.05) is 6.42 Å². The molecule has 2 unspecified atom stereocenters. The molecule has 2 atom stereocenters. The monoisotopic (exact) mass is 258 g/mol. The van der Waals surface area contributed by atoms with Gasteiger partial charge < -0.3 is 10.1 Å². The van der Waals surface area contributed by atoms with Gasteiger partial charge >= 0.3 is 0 Å². The number of aromatic nitrogens is 2. The maximum Gasteiger partial charge on any atom is 0.137 e. The van der Waals surface area contributed by atoms with Crippen LogP contribution in [0.5, 0.6) is 0 Å². The average Bonchev–Trinajstić information content (AvgIpc) is 2.75. The zero-order valence-electron chi connectivity index (χ0n) is 11.7. The molecule has 1 aliphatic heterocycles. The van der Waals surface area contributed by atoms with Crippen LogP contribution in [-0.4, -0.2) is 26.4 Å². The van der Waals surface area contributed by atoms with Gasteiger partial charge in [0.2, 0.25) is 0 Å². The predicted octanol–water partition coefficient (Wildman–Crippen LogP) is 2.68. The third kappa shape index (κ3) is 2.45. The molecule has 1 fully saturated rings. The van der Waals surface area contributed by atoms with Crippen molar-refractivity contribution in [2.75, 3.05) is 5.73 Å². The van der Waals surface area contributed by atoms with Crippen molar-refractivity contribution in [1.82, 2.24) is 14.3 Å². The summed E-state index contributed by atoms with van der Waals surface area (Å²) in [5, 5.41) is 0. The molecule has 2 aromatic rings. The number of anilines is 1. The molecule has 2 N–H and O–H groups in total. The van der Waals surface area contributed by atoms with Crippen molar-refractivity contribution in [2.24, 2.45) is 0 Å². The molecule has 1 aliphatic rings. The summed E-state index contributed by atoms with van der Waals surface area (Å²) in [4.78, 5) is 7.25. The molecule has 19 heavy (non-hydrogen) atoms. The van der Waals surface area contributed by atoms with Crippen molar-refractivity contribution in [2.45, 2.75) is 51.7 Å². The Labute approximate surface area is 114 Å². The second-order valence-electron chi connectivity index (χ2n) is 5.76. The van der Waals surface area contributed by atoms with Crippen molar-refractivity contribution in [3.05, 3.63) is 30.2 Å². The highest BCUT2D eigenvalue weighted by molar-refractivity contribution is 5.48. The average molecular weight is 258 g/mol. The normalized spacial score (nSPS) is 24.9. The largest absolute Gasteiger partial charge is 0.398 e. The van der Waals surface area contributed by atoms with Gasteiger partial charge in [0.15, 0.2) is 0 Å². The van der Waals surface area contributed by atoms with Gasteiger partial charge in [0.25, 0.3) is 0 Å². The molecule has 1 saturated heterocycles. The van der Waals surface area contributed by atoms with Crippen LogP contribution in [0.4, 0.5) is 5.69 Å². The van der Waals surface area contributed by atoms with Gasteiger partial charge in [-0.05, 0) is 38.8 Å². The first-order valence-corrected chi connectivity index (χ1v) is 7.12. The molecule has 3 rings (SSSR count). The molecule has 0 saturated carbocycles. The molecule has 2 aromatic heterocycles. The number of nitrogens with two attached hydrogens (primary N) is 1. The Balaban J connectivity index is 1.84. The molecular formula is C15H22N4. The van der Waals surface area contributed by atoms with Crippen molar-refractivity contribution in [3.63, 3.8) is 0 Å². The number of imidazole rings is 1. The molecular weight excluding hydrogens is 236 g/mol.